The van der Waals surface area contributed by atoms with Crippen LogP contribution in [0.2, 0.25) is 0 Å². The van der Waals surface area contributed by atoms with Gasteiger partial charge >= 0.3 is 5.97 Å². The second-order valence-corrected chi connectivity index (χ2v) is 4.30. The molecule has 21 heavy (non-hydrogen) atoms. The first kappa shape index (κ1) is 16.6. The van der Waals surface area contributed by atoms with Gasteiger partial charge in [-0.1, -0.05) is 0 Å². The molecule has 0 radical (unpaired) electrons. The van der Waals surface area contributed by atoms with E-state index < -0.39 is 12.0 Å². The highest BCUT2D eigenvalue weighted by Gasteiger charge is 2.22. The minimum atomic E-state index is -1.01. The second kappa shape index (κ2) is 7.36. The summed E-state index contributed by atoms with van der Waals surface area (Å²) in [6.45, 7) is -0.255. The van der Waals surface area contributed by atoms with Crippen molar-refractivity contribution in [2.75, 3.05) is 34.9 Å². The normalized spacial score (nSPS) is 11.6. The third-order valence-electron chi connectivity index (χ3n) is 2.95. The van der Waals surface area contributed by atoms with Crippen LogP contribution in [0.1, 0.15) is 11.6 Å². The SMILES string of the molecule is COc1cc(C(C#N)N(C)CC(=O)O)cc(OC)c1OC. The minimum Gasteiger partial charge on any atom is -0.493 e. The predicted octanol–water partition coefficient (Wildman–Crippen LogP) is 1.29. The molecule has 0 saturated carbocycles. The molecule has 0 aromatic heterocycles. The maximum atomic E-state index is 10.8. The van der Waals surface area contributed by atoms with Crippen molar-refractivity contribution < 1.29 is 24.1 Å². The van der Waals surface area contributed by atoms with Gasteiger partial charge in [0, 0.05) is 0 Å². The number of carboxylic acids is 1. The van der Waals surface area contributed by atoms with Crippen molar-refractivity contribution >= 4 is 5.97 Å². The van der Waals surface area contributed by atoms with Crippen LogP contribution in [0.4, 0.5) is 0 Å². The molecule has 0 spiro atoms. The molecule has 0 heterocycles. The molecule has 1 atom stereocenters. The summed E-state index contributed by atoms with van der Waals surface area (Å²) in [7, 11) is 6.00. The summed E-state index contributed by atoms with van der Waals surface area (Å²) in [6, 6.07) is 4.60. The van der Waals surface area contributed by atoms with Crippen LogP contribution in [0.25, 0.3) is 0 Å². The molecule has 1 aromatic rings. The Bertz CT molecular complexity index is 528. The van der Waals surface area contributed by atoms with Gasteiger partial charge in [0.1, 0.15) is 6.04 Å². The molecule has 7 nitrogen and oxygen atoms in total. The number of likely N-dealkylation sites (N-methyl/N-ethyl adjacent to an activating group) is 1. The molecule has 7 heteroatoms. The van der Waals surface area contributed by atoms with E-state index in [1.807, 2.05) is 0 Å². The molecule has 0 saturated heterocycles. The summed E-state index contributed by atoms with van der Waals surface area (Å²) in [5.74, 6) is 0.234. The lowest BCUT2D eigenvalue weighted by molar-refractivity contribution is -0.138. The van der Waals surface area contributed by atoms with Crippen LogP contribution in [-0.2, 0) is 4.79 Å². The number of hydrogen-bond acceptors (Lipinski definition) is 6. The molecule has 1 unspecified atom stereocenters. The number of hydrogen-bond donors (Lipinski definition) is 1. The average Bonchev–Trinajstić information content (AvgIpc) is 2.45. The van der Waals surface area contributed by atoms with Gasteiger partial charge in [0.15, 0.2) is 11.5 Å². The fourth-order valence-electron chi connectivity index (χ4n) is 1.99. The number of carbonyl (C=O) groups is 1. The quantitative estimate of drug-likeness (QED) is 0.810. The van der Waals surface area contributed by atoms with Gasteiger partial charge in [-0.15, -0.1) is 0 Å². The highest BCUT2D eigenvalue weighted by molar-refractivity contribution is 5.69. The third kappa shape index (κ3) is 3.77. The standard InChI is InChI=1S/C14H18N2O5/c1-16(8-13(17)18)10(7-15)9-5-11(19-2)14(21-4)12(6-9)20-3/h5-6,10H,8H2,1-4H3,(H,17,18). The number of methoxy groups -OCH3 is 3. The lowest BCUT2D eigenvalue weighted by Crippen LogP contribution is -2.29. The van der Waals surface area contributed by atoms with Gasteiger partial charge in [-0.2, -0.15) is 5.26 Å². The first-order valence-electron chi connectivity index (χ1n) is 6.10. The summed E-state index contributed by atoms with van der Waals surface area (Å²) in [5.41, 5.74) is 0.566. The smallest absolute Gasteiger partial charge is 0.317 e. The van der Waals surface area contributed by atoms with E-state index in [1.165, 1.54) is 26.2 Å². The van der Waals surface area contributed by atoms with Crippen molar-refractivity contribution in [1.29, 1.82) is 5.26 Å². The summed E-state index contributed by atoms with van der Waals surface area (Å²) in [4.78, 5) is 12.2. The van der Waals surface area contributed by atoms with E-state index in [0.29, 0.717) is 22.8 Å². The van der Waals surface area contributed by atoms with Crippen LogP contribution in [0.3, 0.4) is 0 Å². The zero-order valence-corrected chi connectivity index (χ0v) is 12.4. The second-order valence-electron chi connectivity index (χ2n) is 4.30. The summed E-state index contributed by atoms with van der Waals surface area (Å²) >= 11 is 0. The Morgan fingerprint density at radius 3 is 2.14 bits per heavy atom. The molecule has 1 rings (SSSR count). The van der Waals surface area contributed by atoms with Crippen molar-refractivity contribution in [3.8, 4) is 23.3 Å². The van der Waals surface area contributed by atoms with E-state index in [1.54, 1.807) is 19.2 Å². The number of carboxylic acid groups (broad SMARTS) is 1. The van der Waals surface area contributed by atoms with Crippen LogP contribution >= 0.6 is 0 Å². The molecule has 0 bridgehead atoms. The number of ether oxygens (including phenoxy) is 3. The van der Waals surface area contributed by atoms with Crippen LogP contribution < -0.4 is 14.2 Å². The molecule has 0 aliphatic heterocycles. The fraction of sp³-hybridized carbons (Fsp3) is 0.429. The van der Waals surface area contributed by atoms with Crippen LogP contribution in [0.5, 0.6) is 17.2 Å². The molecule has 114 valence electrons. The molecule has 1 N–H and O–H groups in total. The summed E-state index contributed by atoms with van der Waals surface area (Å²) in [5, 5.41) is 18.2. The Balaban J connectivity index is 3.28. The highest BCUT2D eigenvalue weighted by atomic mass is 16.5. The molecule has 0 fully saturated rings. The van der Waals surface area contributed by atoms with Gasteiger partial charge in [0.05, 0.1) is 33.9 Å². The van der Waals surface area contributed by atoms with E-state index in [2.05, 4.69) is 6.07 Å². The number of aliphatic carboxylic acids is 1. The van der Waals surface area contributed by atoms with E-state index >= 15 is 0 Å². The molecular weight excluding hydrogens is 276 g/mol. The Hall–Kier alpha value is -2.46. The molecular formula is C14H18N2O5. The summed E-state index contributed by atoms with van der Waals surface area (Å²) < 4.78 is 15.7. The van der Waals surface area contributed by atoms with Crippen molar-refractivity contribution in [3.63, 3.8) is 0 Å². The maximum absolute atomic E-state index is 10.8. The topological polar surface area (TPSA) is 92.0 Å². The first-order chi connectivity index (χ1) is 9.98. The number of nitriles is 1. The van der Waals surface area contributed by atoms with E-state index in [0.717, 1.165) is 0 Å². The van der Waals surface area contributed by atoms with Crippen molar-refractivity contribution in [3.05, 3.63) is 17.7 Å². The lowest BCUT2D eigenvalue weighted by atomic mass is 10.1. The third-order valence-corrected chi connectivity index (χ3v) is 2.95. The lowest BCUT2D eigenvalue weighted by Gasteiger charge is -2.22. The van der Waals surface area contributed by atoms with Gasteiger partial charge in [-0.05, 0) is 24.7 Å². The van der Waals surface area contributed by atoms with Crippen molar-refractivity contribution in [1.82, 2.24) is 4.90 Å². The summed E-state index contributed by atoms with van der Waals surface area (Å²) in [6.07, 6.45) is 0. The minimum absolute atomic E-state index is 0.255. The number of nitrogens with zero attached hydrogens (tertiary/aromatic N) is 2. The average molecular weight is 294 g/mol. The zero-order valence-electron chi connectivity index (χ0n) is 12.4. The van der Waals surface area contributed by atoms with Gasteiger partial charge in [0.25, 0.3) is 0 Å². The number of rotatable bonds is 7. The van der Waals surface area contributed by atoms with Gasteiger partial charge < -0.3 is 19.3 Å². The largest absolute Gasteiger partial charge is 0.493 e. The number of benzene rings is 1. The highest BCUT2D eigenvalue weighted by Crippen LogP contribution is 2.40. The Morgan fingerprint density at radius 2 is 1.81 bits per heavy atom. The fourth-order valence-corrected chi connectivity index (χ4v) is 1.99. The Kier molecular flexibility index (Phi) is 5.81. The Morgan fingerprint density at radius 1 is 1.29 bits per heavy atom. The first-order valence-corrected chi connectivity index (χ1v) is 6.10. The van der Waals surface area contributed by atoms with E-state index in [-0.39, 0.29) is 6.54 Å². The predicted molar refractivity (Wildman–Crippen MR) is 74.7 cm³/mol. The zero-order chi connectivity index (χ0) is 16.0. The van der Waals surface area contributed by atoms with Crippen LogP contribution in [0.15, 0.2) is 12.1 Å². The monoisotopic (exact) mass is 294 g/mol. The molecule has 0 aliphatic carbocycles. The van der Waals surface area contributed by atoms with Gasteiger partial charge in [-0.3, -0.25) is 9.69 Å². The molecule has 1 aromatic carbocycles. The van der Waals surface area contributed by atoms with Crippen molar-refractivity contribution in [2.45, 2.75) is 6.04 Å². The van der Waals surface area contributed by atoms with Gasteiger partial charge in [0.2, 0.25) is 5.75 Å². The van der Waals surface area contributed by atoms with Crippen LogP contribution in [0, 0.1) is 11.3 Å². The van der Waals surface area contributed by atoms with Crippen LogP contribution in [-0.4, -0.2) is 50.9 Å². The Labute approximate surface area is 123 Å². The van der Waals surface area contributed by atoms with E-state index in [9.17, 15) is 10.1 Å². The maximum Gasteiger partial charge on any atom is 0.317 e. The van der Waals surface area contributed by atoms with Gasteiger partial charge in [-0.25, -0.2) is 0 Å². The molecule has 0 aliphatic rings. The van der Waals surface area contributed by atoms with Crippen molar-refractivity contribution in [2.24, 2.45) is 0 Å². The van der Waals surface area contributed by atoms with E-state index in [4.69, 9.17) is 19.3 Å². The molecule has 0 amide bonds.